The molecule has 0 aromatic rings. The molecule has 0 aromatic heterocycles. The van der Waals surface area contributed by atoms with Crippen molar-refractivity contribution in [1.82, 2.24) is 5.32 Å². The van der Waals surface area contributed by atoms with E-state index >= 15 is 0 Å². The van der Waals surface area contributed by atoms with Crippen LogP contribution in [0.25, 0.3) is 0 Å². The number of carbonyl (C=O) groups excluding carboxylic acids is 1. The summed E-state index contributed by atoms with van der Waals surface area (Å²) in [5.74, 6) is -1.25. The maximum Gasteiger partial charge on any atom is 0.319 e. The standard InChI is InChI=1S/C11H17NO3/c1-10(4-2-3-5-10)12-8(13)11(6-7-11)9(14)15/h2-7H2,1H3,(H,12,13)(H,14,15). The van der Waals surface area contributed by atoms with Gasteiger partial charge in [0.15, 0.2) is 0 Å². The van der Waals surface area contributed by atoms with Crippen LogP contribution in [0.1, 0.15) is 45.4 Å². The van der Waals surface area contributed by atoms with Gasteiger partial charge in [-0.25, -0.2) is 0 Å². The van der Waals surface area contributed by atoms with E-state index < -0.39 is 11.4 Å². The monoisotopic (exact) mass is 211 g/mol. The first kappa shape index (κ1) is 10.5. The van der Waals surface area contributed by atoms with Crippen molar-refractivity contribution in [2.24, 2.45) is 5.41 Å². The molecule has 2 fully saturated rings. The highest BCUT2D eigenvalue weighted by atomic mass is 16.4. The van der Waals surface area contributed by atoms with E-state index in [-0.39, 0.29) is 11.4 Å². The van der Waals surface area contributed by atoms with Crippen molar-refractivity contribution < 1.29 is 14.7 Å². The summed E-state index contributed by atoms with van der Waals surface area (Å²) in [4.78, 5) is 22.8. The Labute approximate surface area is 89.0 Å². The van der Waals surface area contributed by atoms with Crippen molar-refractivity contribution in [2.45, 2.75) is 51.0 Å². The molecule has 1 amide bonds. The summed E-state index contributed by atoms with van der Waals surface area (Å²) >= 11 is 0. The van der Waals surface area contributed by atoms with Crippen molar-refractivity contribution in [1.29, 1.82) is 0 Å². The molecule has 2 aliphatic rings. The lowest BCUT2D eigenvalue weighted by Crippen LogP contribution is -2.48. The third-order valence-corrected chi connectivity index (χ3v) is 3.72. The van der Waals surface area contributed by atoms with Crippen LogP contribution in [0.4, 0.5) is 0 Å². The van der Waals surface area contributed by atoms with Gasteiger partial charge >= 0.3 is 5.97 Å². The van der Waals surface area contributed by atoms with Crippen LogP contribution >= 0.6 is 0 Å². The van der Waals surface area contributed by atoms with E-state index in [1.807, 2.05) is 6.92 Å². The minimum Gasteiger partial charge on any atom is -0.480 e. The molecule has 0 aliphatic heterocycles. The third kappa shape index (κ3) is 1.73. The maximum atomic E-state index is 11.8. The Morgan fingerprint density at radius 2 is 1.67 bits per heavy atom. The van der Waals surface area contributed by atoms with E-state index in [2.05, 4.69) is 5.32 Å². The Balaban J connectivity index is 2.01. The lowest BCUT2D eigenvalue weighted by molar-refractivity contribution is -0.149. The predicted octanol–water partition coefficient (Wildman–Crippen LogP) is 1.30. The molecule has 2 N–H and O–H groups in total. The van der Waals surface area contributed by atoms with Crippen LogP contribution in [0.15, 0.2) is 0 Å². The van der Waals surface area contributed by atoms with E-state index in [0.717, 1.165) is 25.7 Å². The minimum atomic E-state index is -1.09. The molecule has 0 aromatic carbocycles. The van der Waals surface area contributed by atoms with Crippen molar-refractivity contribution in [3.8, 4) is 0 Å². The molecule has 0 unspecified atom stereocenters. The van der Waals surface area contributed by atoms with E-state index in [1.165, 1.54) is 0 Å². The quantitative estimate of drug-likeness (QED) is 0.691. The fourth-order valence-electron chi connectivity index (χ4n) is 2.34. The lowest BCUT2D eigenvalue weighted by atomic mass is 9.98. The summed E-state index contributed by atoms with van der Waals surface area (Å²) in [6, 6.07) is 0. The van der Waals surface area contributed by atoms with Crippen LogP contribution in [-0.2, 0) is 9.59 Å². The molecular weight excluding hydrogens is 194 g/mol. The molecule has 4 heteroatoms. The van der Waals surface area contributed by atoms with E-state index in [4.69, 9.17) is 5.11 Å². The smallest absolute Gasteiger partial charge is 0.319 e. The van der Waals surface area contributed by atoms with Gasteiger partial charge in [0, 0.05) is 5.54 Å². The van der Waals surface area contributed by atoms with E-state index in [0.29, 0.717) is 12.8 Å². The zero-order valence-electron chi connectivity index (χ0n) is 9.01. The first-order valence-corrected chi connectivity index (χ1v) is 5.55. The largest absolute Gasteiger partial charge is 0.480 e. The first-order valence-electron chi connectivity index (χ1n) is 5.55. The van der Waals surface area contributed by atoms with Crippen molar-refractivity contribution in [2.75, 3.05) is 0 Å². The zero-order valence-corrected chi connectivity index (χ0v) is 9.01. The molecule has 84 valence electrons. The van der Waals surface area contributed by atoms with Gasteiger partial charge in [0.05, 0.1) is 0 Å². The molecule has 0 saturated heterocycles. The SMILES string of the molecule is CC1(NC(=O)C2(C(=O)O)CC2)CCCC1. The molecule has 2 saturated carbocycles. The van der Waals surface area contributed by atoms with E-state index in [1.54, 1.807) is 0 Å². The van der Waals surface area contributed by atoms with Crippen LogP contribution in [-0.4, -0.2) is 22.5 Å². The van der Waals surface area contributed by atoms with Gasteiger partial charge < -0.3 is 10.4 Å². The molecule has 0 radical (unpaired) electrons. The molecule has 2 rings (SSSR count). The highest BCUT2D eigenvalue weighted by Crippen LogP contribution is 2.47. The lowest BCUT2D eigenvalue weighted by Gasteiger charge is -2.27. The number of carboxylic acids is 1. The fourth-order valence-corrected chi connectivity index (χ4v) is 2.34. The number of carbonyl (C=O) groups is 2. The van der Waals surface area contributed by atoms with Gasteiger partial charge in [-0.15, -0.1) is 0 Å². The molecule has 0 heterocycles. The van der Waals surface area contributed by atoms with Crippen LogP contribution in [0.5, 0.6) is 0 Å². The molecule has 0 atom stereocenters. The minimum absolute atomic E-state index is 0.165. The highest BCUT2D eigenvalue weighted by Gasteiger charge is 2.58. The number of carboxylic acid groups (broad SMARTS) is 1. The number of hydrogen-bond donors (Lipinski definition) is 2. The topological polar surface area (TPSA) is 66.4 Å². The Morgan fingerprint density at radius 3 is 2.07 bits per heavy atom. The Morgan fingerprint density at radius 1 is 1.13 bits per heavy atom. The van der Waals surface area contributed by atoms with Crippen LogP contribution in [0.3, 0.4) is 0 Å². The summed E-state index contributed by atoms with van der Waals surface area (Å²) in [7, 11) is 0. The van der Waals surface area contributed by atoms with Gasteiger partial charge in [-0.2, -0.15) is 0 Å². The van der Waals surface area contributed by atoms with Gasteiger partial charge in [-0.3, -0.25) is 9.59 Å². The van der Waals surface area contributed by atoms with Crippen LogP contribution in [0.2, 0.25) is 0 Å². The van der Waals surface area contributed by atoms with Crippen molar-refractivity contribution >= 4 is 11.9 Å². The number of rotatable bonds is 3. The summed E-state index contributed by atoms with van der Waals surface area (Å²) in [6.45, 7) is 2.01. The van der Waals surface area contributed by atoms with Gasteiger partial charge in [0.2, 0.25) is 5.91 Å². The Kier molecular flexibility index (Phi) is 2.24. The summed E-state index contributed by atoms with van der Waals surface area (Å²) in [5, 5.41) is 11.9. The third-order valence-electron chi connectivity index (χ3n) is 3.72. The second kappa shape index (κ2) is 3.22. The van der Waals surface area contributed by atoms with Crippen LogP contribution < -0.4 is 5.32 Å². The Bertz CT molecular complexity index is 301. The average Bonchev–Trinajstić information content (AvgIpc) is 2.86. The summed E-state index contributed by atoms with van der Waals surface area (Å²) in [5.41, 5.74) is -1.26. The molecule has 15 heavy (non-hydrogen) atoms. The van der Waals surface area contributed by atoms with Crippen LogP contribution in [0, 0.1) is 5.41 Å². The average molecular weight is 211 g/mol. The fraction of sp³-hybridized carbons (Fsp3) is 0.818. The van der Waals surface area contributed by atoms with E-state index in [9.17, 15) is 9.59 Å². The first-order chi connectivity index (χ1) is 6.99. The van der Waals surface area contributed by atoms with Gasteiger partial charge in [-0.1, -0.05) is 12.8 Å². The molecule has 0 spiro atoms. The molecule has 4 nitrogen and oxygen atoms in total. The summed E-state index contributed by atoms with van der Waals surface area (Å²) in [6.07, 6.45) is 5.16. The van der Waals surface area contributed by atoms with Crippen molar-refractivity contribution in [3.05, 3.63) is 0 Å². The normalized spacial score (nSPS) is 25.9. The molecular formula is C11H17NO3. The maximum absolute atomic E-state index is 11.8. The highest BCUT2D eigenvalue weighted by molar-refractivity contribution is 6.05. The number of nitrogens with one attached hydrogen (secondary N) is 1. The number of aliphatic carboxylic acids is 1. The second-order valence-electron chi connectivity index (χ2n) is 5.11. The molecule has 2 aliphatic carbocycles. The van der Waals surface area contributed by atoms with Gasteiger partial charge in [0.1, 0.15) is 5.41 Å². The number of hydrogen-bond acceptors (Lipinski definition) is 2. The van der Waals surface area contributed by atoms with Gasteiger partial charge in [-0.05, 0) is 32.6 Å². The second-order valence-corrected chi connectivity index (χ2v) is 5.11. The van der Waals surface area contributed by atoms with Crippen molar-refractivity contribution in [3.63, 3.8) is 0 Å². The Hall–Kier alpha value is -1.06. The molecule has 0 bridgehead atoms. The van der Waals surface area contributed by atoms with Gasteiger partial charge in [0.25, 0.3) is 0 Å². The predicted molar refractivity (Wildman–Crippen MR) is 54.3 cm³/mol. The zero-order chi connectivity index (χ0) is 11.1. The summed E-state index contributed by atoms with van der Waals surface area (Å²) < 4.78 is 0. The number of amides is 1.